The minimum absolute atomic E-state index is 0.00656. The molecule has 4 heterocycles. The van der Waals surface area contributed by atoms with E-state index in [9.17, 15) is 9.50 Å². The highest BCUT2D eigenvalue weighted by molar-refractivity contribution is 5.62. The van der Waals surface area contributed by atoms with Gasteiger partial charge in [-0.05, 0) is 67.3 Å². The van der Waals surface area contributed by atoms with Crippen LogP contribution >= 0.6 is 0 Å². The molecule has 2 saturated heterocycles. The molecule has 2 fully saturated rings. The maximum absolute atomic E-state index is 15.2. The van der Waals surface area contributed by atoms with Crippen molar-refractivity contribution in [2.45, 2.75) is 44.9 Å². The molecule has 0 aliphatic carbocycles. The molecule has 2 aliphatic rings. The number of hydrogen-bond acceptors (Lipinski definition) is 7. The third-order valence-corrected chi connectivity index (χ3v) is 7.93. The molecule has 0 unspecified atom stereocenters. The predicted molar refractivity (Wildman–Crippen MR) is 146 cm³/mol. The maximum Gasteiger partial charge on any atom is 0.149 e. The fourth-order valence-corrected chi connectivity index (χ4v) is 5.78. The van der Waals surface area contributed by atoms with Gasteiger partial charge in [0.05, 0.1) is 23.7 Å². The molecule has 7 nitrogen and oxygen atoms in total. The number of nitrogens with two attached hydrogens (primary N) is 1. The summed E-state index contributed by atoms with van der Waals surface area (Å²) in [5, 5.41) is 19.3. The third-order valence-electron chi connectivity index (χ3n) is 7.93. The molecular weight excluding hydrogens is 517 g/mol. The van der Waals surface area contributed by atoms with Crippen LogP contribution in [0.5, 0.6) is 0 Å². The van der Waals surface area contributed by atoms with Crippen LogP contribution in [-0.4, -0.2) is 58.3 Å². The van der Waals surface area contributed by atoms with Gasteiger partial charge in [0.25, 0.3) is 0 Å². The minimum atomic E-state index is -0.873. The summed E-state index contributed by atoms with van der Waals surface area (Å²) in [5.74, 6) is -2.62. The lowest BCUT2D eigenvalue weighted by atomic mass is 9.92. The van der Waals surface area contributed by atoms with Gasteiger partial charge in [-0.25, -0.2) is 18.2 Å². The Labute approximate surface area is 232 Å². The number of aromatic nitrogens is 2. The zero-order chi connectivity index (χ0) is 28.4. The number of aliphatic hydroxyl groups excluding tert-OH is 1. The van der Waals surface area contributed by atoms with Crippen molar-refractivity contribution < 1.29 is 18.3 Å². The van der Waals surface area contributed by atoms with Crippen LogP contribution in [0.25, 0.3) is 11.3 Å². The molecule has 3 aromatic rings. The van der Waals surface area contributed by atoms with E-state index >= 15 is 8.78 Å². The lowest BCUT2D eigenvalue weighted by molar-refractivity contribution is 0.0784. The number of likely N-dealkylation sites (tertiary alicyclic amines) is 1. The van der Waals surface area contributed by atoms with Gasteiger partial charge in [0.15, 0.2) is 0 Å². The monoisotopic (exact) mass is 550 g/mol. The molecule has 5 rings (SSSR count). The number of aryl methyl sites for hydroxylation is 2. The first-order chi connectivity index (χ1) is 19.2. The first kappa shape index (κ1) is 28.0. The Kier molecular flexibility index (Phi) is 8.35. The highest BCUT2D eigenvalue weighted by atomic mass is 19.1. The second-order valence-corrected chi connectivity index (χ2v) is 11.0. The largest absolute Gasteiger partial charge is 0.391 e. The summed E-state index contributed by atoms with van der Waals surface area (Å²) in [5.41, 5.74) is 8.12. The molecule has 0 radical (unpaired) electrons. The SMILES string of the molecule is C[C@H]1CN(c2ccncc2CCc2ccc(F)c(-c3c(F)cc(CN4CC[C@H](C#N)C4)cc3F)n2)C[C@@H](N)[C@@H]1O. The molecule has 40 heavy (non-hydrogen) atoms. The van der Waals surface area contributed by atoms with Crippen LogP contribution in [0.2, 0.25) is 0 Å². The molecule has 4 atom stereocenters. The van der Waals surface area contributed by atoms with Crippen molar-refractivity contribution in [2.24, 2.45) is 17.6 Å². The van der Waals surface area contributed by atoms with Crippen LogP contribution in [0.4, 0.5) is 18.9 Å². The number of nitriles is 1. The zero-order valence-electron chi connectivity index (χ0n) is 22.4. The summed E-state index contributed by atoms with van der Waals surface area (Å²) in [7, 11) is 0. The quantitative estimate of drug-likeness (QED) is 0.461. The van der Waals surface area contributed by atoms with Crippen molar-refractivity contribution in [3.8, 4) is 17.3 Å². The molecule has 0 amide bonds. The summed E-state index contributed by atoms with van der Waals surface area (Å²) in [4.78, 5) is 12.7. The van der Waals surface area contributed by atoms with E-state index in [1.54, 1.807) is 12.4 Å². The molecule has 2 aromatic heterocycles. The van der Waals surface area contributed by atoms with Crippen molar-refractivity contribution >= 4 is 5.69 Å². The summed E-state index contributed by atoms with van der Waals surface area (Å²) in [6.07, 6.45) is 4.56. The van der Waals surface area contributed by atoms with Crippen molar-refractivity contribution in [3.63, 3.8) is 0 Å². The summed E-state index contributed by atoms with van der Waals surface area (Å²) < 4.78 is 45.1. The number of piperidine rings is 1. The summed E-state index contributed by atoms with van der Waals surface area (Å²) in [6.45, 7) is 4.68. The van der Waals surface area contributed by atoms with Crippen LogP contribution in [0.3, 0.4) is 0 Å². The fraction of sp³-hybridized carbons (Fsp3) is 0.433. The first-order valence-corrected chi connectivity index (χ1v) is 13.6. The highest BCUT2D eigenvalue weighted by Gasteiger charge is 2.31. The van der Waals surface area contributed by atoms with E-state index in [0.29, 0.717) is 56.8 Å². The number of hydrogen-bond donors (Lipinski definition) is 2. The van der Waals surface area contributed by atoms with Crippen LogP contribution in [0.1, 0.15) is 30.2 Å². The molecule has 2 aliphatic heterocycles. The average molecular weight is 551 g/mol. The van der Waals surface area contributed by atoms with E-state index in [1.165, 1.54) is 24.3 Å². The number of nitrogens with zero attached hydrogens (tertiary/aromatic N) is 5. The van der Waals surface area contributed by atoms with E-state index in [2.05, 4.69) is 20.9 Å². The zero-order valence-corrected chi connectivity index (χ0v) is 22.4. The lowest BCUT2D eigenvalue weighted by Crippen LogP contribution is -2.55. The van der Waals surface area contributed by atoms with Crippen molar-refractivity contribution in [1.29, 1.82) is 5.26 Å². The van der Waals surface area contributed by atoms with Crippen molar-refractivity contribution in [3.05, 3.63) is 77.0 Å². The average Bonchev–Trinajstić information content (AvgIpc) is 3.39. The van der Waals surface area contributed by atoms with Crippen molar-refractivity contribution in [1.82, 2.24) is 14.9 Å². The number of anilines is 1. The third kappa shape index (κ3) is 5.97. The minimum Gasteiger partial charge on any atom is -0.391 e. The second-order valence-electron chi connectivity index (χ2n) is 11.0. The smallest absolute Gasteiger partial charge is 0.149 e. The number of rotatable bonds is 7. The molecule has 0 bridgehead atoms. The van der Waals surface area contributed by atoms with Gasteiger partial charge in [-0.1, -0.05) is 6.92 Å². The van der Waals surface area contributed by atoms with Crippen LogP contribution in [0.15, 0.2) is 42.7 Å². The molecule has 1 aromatic carbocycles. The van der Waals surface area contributed by atoms with Gasteiger partial charge < -0.3 is 15.7 Å². The number of aliphatic hydroxyl groups is 1. The van der Waals surface area contributed by atoms with Gasteiger partial charge in [0.1, 0.15) is 23.1 Å². The van der Waals surface area contributed by atoms with Gasteiger partial charge in [0, 0.05) is 61.9 Å². The Balaban J connectivity index is 1.33. The lowest BCUT2D eigenvalue weighted by Gasteiger charge is -2.40. The highest BCUT2D eigenvalue weighted by Crippen LogP contribution is 2.31. The summed E-state index contributed by atoms with van der Waals surface area (Å²) in [6, 6.07) is 8.91. The molecular formula is C30H33F3N6O. The van der Waals surface area contributed by atoms with E-state index < -0.39 is 29.1 Å². The van der Waals surface area contributed by atoms with Crippen LogP contribution in [-0.2, 0) is 19.4 Å². The van der Waals surface area contributed by atoms with E-state index in [1.807, 2.05) is 17.9 Å². The maximum atomic E-state index is 15.2. The van der Waals surface area contributed by atoms with Crippen LogP contribution in [0, 0.1) is 40.6 Å². The first-order valence-electron chi connectivity index (χ1n) is 13.6. The number of benzene rings is 1. The van der Waals surface area contributed by atoms with Gasteiger partial charge in [-0.15, -0.1) is 0 Å². The number of pyridine rings is 2. The standard InChI is InChI=1S/C30H33F3N6O/c1-18-14-39(17-26(35)30(18)40)27-6-8-36-13-21(27)2-3-22-4-5-23(31)29(37-22)28-24(32)10-20(11-25(28)33)16-38-9-7-19(12-34)15-38/h4-6,8,10-11,13,18-19,26,30,40H,2-3,7,9,14-17,35H2,1H3/t18-,19+,26+,30+/m0/s1. The number of halogens is 3. The molecule has 0 saturated carbocycles. The van der Waals surface area contributed by atoms with Gasteiger partial charge >= 0.3 is 0 Å². The Morgan fingerprint density at radius 3 is 2.55 bits per heavy atom. The Hall–Kier alpha value is -3.52. The summed E-state index contributed by atoms with van der Waals surface area (Å²) >= 11 is 0. The van der Waals surface area contributed by atoms with E-state index in [4.69, 9.17) is 11.0 Å². The van der Waals surface area contributed by atoms with Crippen LogP contribution < -0.4 is 10.6 Å². The Morgan fingerprint density at radius 2 is 1.85 bits per heavy atom. The molecule has 10 heteroatoms. The fourth-order valence-electron chi connectivity index (χ4n) is 5.78. The predicted octanol–water partition coefficient (Wildman–Crippen LogP) is 3.84. The van der Waals surface area contributed by atoms with Crippen molar-refractivity contribution in [2.75, 3.05) is 31.1 Å². The topological polar surface area (TPSA) is 102 Å². The normalized spacial score (nSPS) is 23.4. The molecule has 0 spiro atoms. The van der Waals surface area contributed by atoms with Gasteiger partial charge in [-0.2, -0.15) is 5.26 Å². The Bertz CT molecular complexity index is 1380. The van der Waals surface area contributed by atoms with Gasteiger partial charge in [-0.3, -0.25) is 9.88 Å². The van der Waals surface area contributed by atoms with E-state index in [-0.39, 0.29) is 23.6 Å². The van der Waals surface area contributed by atoms with Gasteiger partial charge in [0.2, 0.25) is 0 Å². The second kappa shape index (κ2) is 11.9. The molecule has 3 N–H and O–H groups in total. The molecule has 210 valence electrons. The van der Waals surface area contributed by atoms with E-state index in [0.717, 1.165) is 17.7 Å². The Morgan fingerprint density at radius 1 is 1.07 bits per heavy atom.